The van der Waals surface area contributed by atoms with Gasteiger partial charge in [0.2, 0.25) is 5.89 Å². The third-order valence-electron chi connectivity index (χ3n) is 2.09. The van der Waals surface area contributed by atoms with E-state index >= 15 is 0 Å². The molecule has 0 radical (unpaired) electrons. The van der Waals surface area contributed by atoms with Crippen molar-refractivity contribution in [3.8, 4) is 0 Å². The predicted octanol–water partition coefficient (Wildman–Crippen LogP) is 3.10. The highest BCUT2D eigenvalue weighted by molar-refractivity contribution is 6.30. The van der Waals surface area contributed by atoms with E-state index in [4.69, 9.17) is 27.7 Å². The van der Waals surface area contributed by atoms with E-state index < -0.39 is 0 Å². The maximum Gasteiger partial charge on any atom is 0.227 e. The summed E-state index contributed by atoms with van der Waals surface area (Å²) in [6, 6.07) is 7.58. The Hall–Kier alpha value is -1.06. The van der Waals surface area contributed by atoms with E-state index in [9.17, 15) is 0 Å². The number of benzene rings is 1. The van der Waals surface area contributed by atoms with Crippen LogP contribution in [0.1, 0.15) is 17.3 Å². The highest BCUT2D eigenvalue weighted by Crippen LogP contribution is 2.12. The lowest BCUT2D eigenvalue weighted by molar-refractivity contribution is 0.378. The topological polar surface area (TPSA) is 38.9 Å². The zero-order valence-corrected chi connectivity index (χ0v) is 10.0. The van der Waals surface area contributed by atoms with Gasteiger partial charge in [-0.15, -0.1) is 11.6 Å². The number of rotatable bonds is 4. The molecular formula is C11H10Cl2N2O. The Morgan fingerprint density at radius 2 is 1.94 bits per heavy atom. The Kier molecular flexibility index (Phi) is 3.80. The second-order valence-electron chi connectivity index (χ2n) is 3.35. The van der Waals surface area contributed by atoms with Crippen LogP contribution >= 0.6 is 23.2 Å². The standard InChI is InChI=1S/C11H10Cl2N2O/c12-6-5-11-14-10(15-16-11)7-8-1-3-9(13)4-2-8/h1-4H,5-7H2. The van der Waals surface area contributed by atoms with Crippen molar-refractivity contribution >= 4 is 23.2 Å². The minimum Gasteiger partial charge on any atom is -0.339 e. The summed E-state index contributed by atoms with van der Waals surface area (Å²) in [5.41, 5.74) is 1.10. The average molecular weight is 257 g/mol. The second-order valence-corrected chi connectivity index (χ2v) is 4.16. The number of hydrogen-bond acceptors (Lipinski definition) is 3. The van der Waals surface area contributed by atoms with Crippen molar-refractivity contribution in [3.05, 3.63) is 46.6 Å². The molecule has 0 aliphatic rings. The number of aryl methyl sites for hydroxylation is 1. The van der Waals surface area contributed by atoms with Crippen LogP contribution in [0.25, 0.3) is 0 Å². The smallest absolute Gasteiger partial charge is 0.227 e. The van der Waals surface area contributed by atoms with E-state index in [0.717, 1.165) is 10.6 Å². The first-order chi connectivity index (χ1) is 7.78. The molecule has 2 aromatic rings. The van der Waals surface area contributed by atoms with Crippen molar-refractivity contribution in [2.45, 2.75) is 12.8 Å². The van der Waals surface area contributed by atoms with Crippen molar-refractivity contribution in [2.24, 2.45) is 0 Å². The summed E-state index contributed by atoms with van der Waals surface area (Å²) in [7, 11) is 0. The van der Waals surface area contributed by atoms with Crippen molar-refractivity contribution in [3.63, 3.8) is 0 Å². The fourth-order valence-electron chi connectivity index (χ4n) is 1.33. The molecule has 5 heteroatoms. The van der Waals surface area contributed by atoms with Crippen LogP contribution in [-0.2, 0) is 12.8 Å². The van der Waals surface area contributed by atoms with Gasteiger partial charge in [0, 0.05) is 23.7 Å². The van der Waals surface area contributed by atoms with Gasteiger partial charge in [-0.25, -0.2) is 0 Å². The number of alkyl halides is 1. The summed E-state index contributed by atoms with van der Waals surface area (Å²) in [5.74, 6) is 1.74. The Morgan fingerprint density at radius 1 is 1.19 bits per heavy atom. The Balaban J connectivity index is 2.05. The summed E-state index contributed by atoms with van der Waals surface area (Å²) in [6.07, 6.45) is 1.25. The zero-order chi connectivity index (χ0) is 11.4. The quantitative estimate of drug-likeness (QED) is 0.790. The molecule has 0 bridgehead atoms. The molecule has 1 aromatic carbocycles. The molecule has 0 fully saturated rings. The number of halogens is 2. The third-order valence-corrected chi connectivity index (χ3v) is 2.53. The lowest BCUT2D eigenvalue weighted by Gasteiger charge is -1.95. The van der Waals surface area contributed by atoms with Gasteiger partial charge in [0.25, 0.3) is 0 Å². The number of hydrogen-bond donors (Lipinski definition) is 0. The van der Waals surface area contributed by atoms with Gasteiger partial charge in [-0.1, -0.05) is 28.9 Å². The van der Waals surface area contributed by atoms with E-state index in [2.05, 4.69) is 10.1 Å². The van der Waals surface area contributed by atoms with Crippen LogP contribution in [0.2, 0.25) is 5.02 Å². The molecule has 16 heavy (non-hydrogen) atoms. The van der Waals surface area contributed by atoms with E-state index in [-0.39, 0.29) is 0 Å². The first kappa shape index (κ1) is 11.4. The van der Waals surface area contributed by atoms with Gasteiger partial charge >= 0.3 is 0 Å². The molecule has 2 rings (SSSR count). The van der Waals surface area contributed by atoms with Crippen molar-refractivity contribution in [1.82, 2.24) is 10.1 Å². The minimum atomic E-state index is 0.489. The molecule has 0 saturated carbocycles. The van der Waals surface area contributed by atoms with Crippen molar-refractivity contribution < 1.29 is 4.52 Å². The first-order valence-electron chi connectivity index (χ1n) is 4.90. The monoisotopic (exact) mass is 256 g/mol. The predicted molar refractivity (Wildman–Crippen MR) is 63.0 cm³/mol. The minimum absolute atomic E-state index is 0.489. The Labute approximate surface area is 103 Å². The first-order valence-corrected chi connectivity index (χ1v) is 5.81. The SMILES string of the molecule is ClCCc1nc(Cc2ccc(Cl)cc2)no1. The summed E-state index contributed by atoms with van der Waals surface area (Å²) in [6.45, 7) is 0. The van der Waals surface area contributed by atoms with E-state index in [0.29, 0.717) is 30.4 Å². The van der Waals surface area contributed by atoms with Gasteiger partial charge < -0.3 is 4.52 Å². The molecule has 1 heterocycles. The summed E-state index contributed by atoms with van der Waals surface area (Å²) >= 11 is 11.4. The van der Waals surface area contributed by atoms with Gasteiger partial charge in [-0.2, -0.15) is 4.98 Å². The molecule has 1 aromatic heterocycles. The van der Waals surface area contributed by atoms with Crippen molar-refractivity contribution in [2.75, 3.05) is 5.88 Å². The highest BCUT2D eigenvalue weighted by atomic mass is 35.5. The van der Waals surface area contributed by atoms with Crippen LogP contribution in [0.4, 0.5) is 0 Å². The number of nitrogens with zero attached hydrogens (tertiary/aromatic N) is 2. The molecule has 84 valence electrons. The number of aromatic nitrogens is 2. The molecule has 0 saturated heterocycles. The zero-order valence-electron chi connectivity index (χ0n) is 8.49. The van der Waals surface area contributed by atoms with Gasteiger partial charge in [0.15, 0.2) is 5.82 Å². The normalized spacial score (nSPS) is 10.6. The molecule has 0 spiro atoms. The molecular weight excluding hydrogens is 247 g/mol. The maximum absolute atomic E-state index is 5.80. The van der Waals surface area contributed by atoms with Gasteiger partial charge in [-0.3, -0.25) is 0 Å². The average Bonchev–Trinajstić information content (AvgIpc) is 2.70. The van der Waals surface area contributed by atoms with E-state index in [1.807, 2.05) is 24.3 Å². The summed E-state index contributed by atoms with van der Waals surface area (Å²) in [4.78, 5) is 4.22. The van der Waals surface area contributed by atoms with Crippen LogP contribution in [0, 0.1) is 0 Å². The maximum atomic E-state index is 5.80. The van der Waals surface area contributed by atoms with Crippen LogP contribution in [0.3, 0.4) is 0 Å². The lowest BCUT2D eigenvalue weighted by Crippen LogP contribution is -1.91. The van der Waals surface area contributed by atoms with Gasteiger partial charge in [-0.05, 0) is 17.7 Å². The molecule has 0 aliphatic carbocycles. The van der Waals surface area contributed by atoms with E-state index in [1.165, 1.54) is 0 Å². The van der Waals surface area contributed by atoms with Crippen LogP contribution < -0.4 is 0 Å². The van der Waals surface area contributed by atoms with Crippen LogP contribution in [-0.4, -0.2) is 16.0 Å². The molecule has 0 atom stereocenters. The highest BCUT2D eigenvalue weighted by Gasteiger charge is 2.06. The lowest BCUT2D eigenvalue weighted by atomic mass is 10.1. The second kappa shape index (κ2) is 5.32. The van der Waals surface area contributed by atoms with Crippen LogP contribution in [0.15, 0.2) is 28.8 Å². The van der Waals surface area contributed by atoms with Gasteiger partial charge in [0.05, 0.1) is 0 Å². The van der Waals surface area contributed by atoms with E-state index in [1.54, 1.807) is 0 Å². The summed E-state index contributed by atoms with van der Waals surface area (Å²) in [5, 5.41) is 4.60. The Morgan fingerprint density at radius 3 is 2.62 bits per heavy atom. The Bertz CT molecular complexity index is 453. The molecule has 3 nitrogen and oxygen atoms in total. The van der Waals surface area contributed by atoms with Crippen molar-refractivity contribution in [1.29, 1.82) is 0 Å². The van der Waals surface area contributed by atoms with Crippen LogP contribution in [0.5, 0.6) is 0 Å². The summed E-state index contributed by atoms with van der Waals surface area (Å²) < 4.78 is 5.03. The van der Waals surface area contributed by atoms with Gasteiger partial charge in [0.1, 0.15) is 0 Å². The fraction of sp³-hybridized carbons (Fsp3) is 0.273. The molecule has 0 unspecified atom stereocenters. The third kappa shape index (κ3) is 2.97. The molecule has 0 N–H and O–H groups in total. The fourth-order valence-corrected chi connectivity index (χ4v) is 1.62. The largest absolute Gasteiger partial charge is 0.339 e. The molecule has 0 aliphatic heterocycles. The molecule has 0 amide bonds.